The molecule has 3 amide bonds. The zero-order valence-corrected chi connectivity index (χ0v) is 22.3. The van der Waals surface area contributed by atoms with Crippen molar-refractivity contribution < 1.29 is 14.4 Å². The summed E-state index contributed by atoms with van der Waals surface area (Å²) in [6.45, 7) is 3.75. The minimum atomic E-state index is -0.202. The first-order valence-electron chi connectivity index (χ1n) is 12.5. The van der Waals surface area contributed by atoms with Crippen LogP contribution in [-0.4, -0.2) is 59.7 Å². The lowest BCUT2D eigenvalue weighted by molar-refractivity contribution is -0.141. The largest absolute Gasteiger partial charge is 0.349 e. The molecule has 194 valence electrons. The number of halogens is 2. The first-order valence-corrected chi connectivity index (χ1v) is 13.3. The van der Waals surface area contributed by atoms with E-state index >= 15 is 0 Å². The van der Waals surface area contributed by atoms with E-state index in [9.17, 15) is 14.4 Å². The van der Waals surface area contributed by atoms with E-state index in [1.807, 2.05) is 17.0 Å². The van der Waals surface area contributed by atoms with Crippen molar-refractivity contribution in [3.8, 4) is 6.07 Å². The molecule has 0 radical (unpaired) electrons. The van der Waals surface area contributed by atoms with Crippen LogP contribution in [-0.2, 0) is 16.0 Å². The number of likely N-dealkylation sites (tertiary alicyclic amines) is 2. The Balaban J connectivity index is 1.50. The van der Waals surface area contributed by atoms with Gasteiger partial charge < -0.3 is 15.1 Å². The van der Waals surface area contributed by atoms with Gasteiger partial charge in [0.05, 0.1) is 22.5 Å². The number of nitrogens with zero attached hydrogens (tertiary/aromatic N) is 3. The lowest BCUT2D eigenvalue weighted by Crippen LogP contribution is -2.53. The molecule has 1 N–H and O–H groups in total. The molecule has 0 aromatic heterocycles. The number of hydrogen-bond donors (Lipinski definition) is 1. The number of amides is 3. The molecule has 2 saturated heterocycles. The third-order valence-corrected chi connectivity index (χ3v) is 8.14. The first kappa shape index (κ1) is 27.0. The Labute approximate surface area is 227 Å². The van der Waals surface area contributed by atoms with Crippen molar-refractivity contribution in [2.24, 2.45) is 5.92 Å². The predicted octanol–water partition coefficient (Wildman–Crippen LogP) is 4.43. The Bertz CT molecular complexity index is 1200. The summed E-state index contributed by atoms with van der Waals surface area (Å²) in [4.78, 5) is 41.9. The Morgan fingerprint density at radius 3 is 2.27 bits per heavy atom. The smallest absolute Gasteiger partial charge is 0.251 e. The second kappa shape index (κ2) is 12.0. The van der Waals surface area contributed by atoms with Gasteiger partial charge in [0.2, 0.25) is 11.8 Å². The average molecular weight is 541 g/mol. The fourth-order valence-electron chi connectivity index (χ4n) is 5.22. The van der Waals surface area contributed by atoms with Gasteiger partial charge in [-0.1, -0.05) is 41.4 Å². The lowest BCUT2D eigenvalue weighted by atomic mass is 9.84. The minimum Gasteiger partial charge on any atom is -0.349 e. The highest BCUT2D eigenvalue weighted by molar-refractivity contribution is 6.42. The maximum atomic E-state index is 13.4. The standard InChI is InChI=1S/C28H30Cl2N4O3/c1-18(35)33-13-9-21(10-14-33)28(37)34-15-11-26(23(17-34)22-6-7-24(29)25(30)16-22)32-27(36)20-4-2-19(3-5-20)8-12-31/h2-7,16,21,23,26H,8-11,13-15,17H2,1H3,(H,32,36). The molecule has 2 fully saturated rings. The van der Waals surface area contributed by atoms with Gasteiger partial charge in [-0.05, 0) is 54.7 Å². The molecule has 0 saturated carbocycles. The molecule has 37 heavy (non-hydrogen) atoms. The number of carbonyl (C=O) groups excluding carboxylic acids is 3. The highest BCUT2D eigenvalue weighted by Crippen LogP contribution is 2.33. The van der Waals surface area contributed by atoms with Gasteiger partial charge in [0.15, 0.2) is 0 Å². The van der Waals surface area contributed by atoms with Crippen molar-refractivity contribution >= 4 is 40.9 Å². The molecular weight excluding hydrogens is 511 g/mol. The SMILES string of the molecule is CC(=O)N1CCC(C(=O)N2CCC(NC(=O)c3ccc(CC#N)cc3)C(c3ccc(Cl)c(Cl)c3)C2)CC1. The molecule has 2 heterocycles. The van der Waals surface area contributed by atoms with Gasteiger partial charge >= 0.3 is 0 Å². The zero-order chi connectivity index (χ0) is 26.5. The Kier molecular flexibility index (Phi) is 8.73. The van der Waals surface area contributed by atoms with E-state index in [-0.39, 0.29) is 35.6 Å². The molecule has 0 bridgehead atoms. The number of carbonyl (C=O) groups is 3. The van der Waals surface area contributed by atoms with Gasteiger partial charge in [-0.25, -0.2) is 0 Å². The molecule has 2 atom stereocenters. The van der Waals surface area contributed by atoms with Crippen molar-refractivity contribution in [2.45, 2.75) is 44.6 Å². The van der Waals surface area contributed by atoms with Crippen LogP contribution in [0.15, 0.2) is 42.5 Å². The molecule has 0 aliphatic carbocycles. The van der Waals surface area contributed by atoms with Gasteiger partial charge in [0.25, 0.3) is 5.91 Å². The summed E-state index contributed by atoms with van der Waals surface area (Å²) in [6, 6.07) is 14.4. The van der Waals surface area contributed by atoms with Crippen LogP contribution in [0.4, 0.5) is 0 Å². The van der Waals surface area contributed by atoms with Gasteiger partial charge in [0, 0.05) is 56.5 Å². The first-order chi connectivity index (χ1) is 17.8. The number of benzene rings is 2. The van der Waals surface area contributed by atoms with Gasteiger partial charge in [-0.15, -0.1) is 0 Å². The molecule has 4 rings (SSSR count). The maximum Gasteiger partial charge on any atom is 0.251 e. The van der Waals surface area contributed by atoms with E-state index in [2.05, 4.69) is 11.4 Å². The summed E-state index contributed by atoms with van der Waals surface area (Å²) in [6.07, 6.45) is 2.21. The summed E-state index contributed by atoms with van der Waals surface area (Å²) in [5.74, 6) is -0.322. The monoisotopic (exact) mass is 540 g/mol. The van der Waals surface area contributed by atoms with Crippen LogP contribution in [0.5, 0.6) is 0 Å². The van der Waals surface area contributed by atoms with Crippen LogP contribution in [0.2, 0.25) is 10.0 Å². The summed E-state index contributed by atoms with van der Waals surface area (Å²) in [7, 11) is 0. The number of nitrogens with one attached hydrogen (secondary N) is 1. The fourth-order valence-corrected chi connectivity index (χ4v) is 5.53. The normalized spacial score (nSPS) is 20.3. The van der Waals surface area contributed by atoms with E-state index in [1.165, 1.54) is 0 Å². The van der Waals surface area contributed by atoms with Crippen LogP contribution in [0.1, 0.15) is 53.6 Å². The third-order valence-electron chi connectivity index (χ3n) is 7.40. The zero-order valence-electron chi connectivity index (χ0n) is 20.8. The Morgan fingerprint density at radius 2 is 1.65 bits per heavy atom. The predicted molar refractivity (Wildman–Crippen MR) is 142 cm³/mol. The highest BCUT2D eigenvalue weighted by atomic mass is 35.5. The van der Waals surface area contributed by atoms with Crippen LogP contribution in [0.25, 0.3) is 0 Å². The summed E-state index contributed by atoms with van der Waals surface area (Å²) >= 11 is 12.5. The number of piperidine rings is 2. The molecule has 2 unspecified atom stereocenters. The molecule has 2 aliphatic rings. The second-order valence-electron chi connectivity index (χ2n) is 9.75. The topological polar surface area (TPSA) is 93.5 Å². The quantitative estimate of drug-likeness (QED) is 0.606. The van der Waals surface area contributed by atoms with Crippen molar-refractivity contribution in [3.05, 3.63) is 69.2 Å². The molecule has 0 spiro atoms. The van der Waals surface area contributed by atoms with Crippen molar-refractivity contribution in [1.29, 1.82) is 5.26 Å². The van der Waals surface area contributed by atoms with E-state index in [4.69, 9.17) is 28.5 Å². The highest BCUT2D eigenvalue weighted by Gasteiger charge is 2.37. The minimum absolute atomic E-state index is 0.0434. The Hall–Kier alpha value is -3.08. The van der Waals surface area contributed by atoms with E-state index in [1.54, 1.807) is 42.2 Å². The molecule has 9 heteroatoms. The number of rotatable bonds is 5. The summed E-state index contributed by atoms with van der Waals surface area (Å²) < 4.78 is 0. The molecular formula is C28H30Cl2N4O3. The average Bonchev–Trinajstić information content (AvgIpc) is 2.90. The molecule has 2 aromatic carbocycles. The third kappa shape index (κ3) is 6.44. The van der Waals surface area contributed by atoms with Gasteiger partial charge in [0.1, 0.15) is 0 Å². The van der Waals surface area contributed by atoms with E-state index in [0.29, 0.717) is 67.5 Å². The molecule has 2 aromatic rings. The molecule has 2 aliphatic heterocycles. The van der Waals surface area contributed by atoms with Crippen LogP contribution < -0.4 is 5.32 Å². The van der Waals surface area contributed by atoms with E-state index in [0.717, 1.165) is 11.1 Å². The Morgan fingerprint density at radius 1 is 0.973 bits per heavy atom. The maximum absolute atomic E-state index is 13.4. The molecule has 7 nitrogen and oxygen atoms in total. The van der Waals surface area contributed by atoms with Gasteiger partial charge in [-0.3, -0.25) is 14.4 Å². The van der Waals surface area contributed by atoms with Crippen LogP contribution in [0, 0.1) is 17.2 Å². The number of nitriles is 1. The lowest BCUT2D eigenvalue weighted by Gasteiger charge is -2.41. The van der Waals surface area contributed by atoms with Crippen molar-refractivity contribution in [2.75, 3.05) is 26.2 Å². The number of hydrogen-bond acceptors (Lipinski definition) is 4. The van der Waals surface area contributed by atoms with Crippen molar-refractivity contribution in [1.82, 2.24) is 15.1 Å². The second-order valence-corrected chi connectivity index (χ2v) is 10.6. The van der Waals surface area contributed by atoms with Crippen LogP contribution >= 0.6 is 23.2 Å². The fraction of sp³-hybridized carbons (Fsp3) is 0.429. The van der Waals surface area contributed by atoms with E-state index < -0.39 is 0 Å². The van der Waals surface area contributed by atoms with Crippen LogP contribution in [0.3, 0.4) is 0 Å². The van der Waals surface area contributed by atoms with Gasteiger partial charge in [-0.2, -0.15) is 5.26 Å². The van der Waals surface area contributed by atoms with Crippen molar-refractivity contribution in [3.63, 3.8) is 0 Å². The summed E-state index contributed by atoms with van der Waals surface area (Å²) in [5, 5.41) is 12.9. The summed E-state index contributed by atoms with van der Waals surface area (Å²) in [5.41, 5.74) is 2.28.